The highest BCUT2D eigenvalue weighted by Gasteiger charge is 2.00. The number of pyridine rings is 1. The van der Waals surface area contributed by atoms with Crippen LogP contribution >= 0.6 is 12.8 Å². The predicted octanol–water partition coefficient (Wildman–Crippen LogP) is 2.04. The highest BCUT2D eigenvalue weighted by molar-refractivity contribution is 7.78. The van der Waals surface area contributed by atoms with Gasteiger partial charge in [0.25, 0.3) is 0 Å². The maximum absolute atomic E-state index is 4.27. The SMILES string of the molecule is Cc1cc2cccnc2n1S. The molecule has 0 saturated carbocycles. The quantitative estimate of drug-likeness (QED) is 0.590. The molecular formula is C8H8N2S. The van der Waals surface area contributed by atoms with Crippen molar-refractivity contribution in [3.8, 4) is 0 Å². The van der Waals surface area contributed by atoms with Crippen LogP contribution in [0, 0.1) is 6.92 Å². The summed E-state index contributed by atoms with van der Waals surface area (Å²) in [5.74, 6) is 0. The molecule has 2 aromatic rings. The molecule has 0 amide bonds. The van der Waals surface area contributed by atoms with Crippen molar-refractivity contribution < 1.29 is 0 Å². The summed E-state index contributed by atoms with van der Waals surface area (Å²) in [7, 11) is 0. The van der Waals surface area contributed by atoms with Gasteiger partial charge >= 0.3 is 0 Å². The molecule has 0 atom stereocenters. The molecule has 2 heterocycles. The molecule has 0 radical (unpaired) electrons. The Balaban J connectivity index is 2.92. The molecule has 0 spiro atoms. The zero-order chi connectivity index (χ0) is 7.84. The van der Waals surface area contributed by atoms with Gasteiger partial charge in [-0.25, -0.2) is 4.98 Å². The zero-order valence-electron chi connectivity index (χ0n) is 6.15. The van der Waals surface area contributed by atoms with Gasteiger partial charge in [-0.05, 0) is 25.1 Å². The van der Waals surface area contributed by atoms with E-state index in [9.17, 15) is 0 Å². The summed E-state index contributed by atoms with van der Waals surface area (Å²) in [6.45, 7) is 2.01. The van der Waals surface area contributed by atoms with E-state index in [1.165, 1.54) is 0 Å². The van der Waals surface area contributed by atoms with E-state index in [2.05, 4.69) is 23.9 Å². The van der Waals surface area contributed by atoms with Crippen LogP contribution in [0.5, 0.6) is 0 Å². The van der Waals surface area contributed by atoms with Crippen LogP contribution in [0.2, 0.25) is 0 Å². The maximum Gasteiger partial charge on any atom is 0.149 e. The summed E-state index contributed by atoms with van der Waals surface area (Å²) in [6.07, 6.45) is 1.77. The van der Waals surface area contributed by atoms with Crippen LogP contribution in [0.4, 0.5) is 0 Å². The van der Waals surface area contributed by atoms with Crippen molar-refractivity contribution in [1.29, 1.82) is 0 Å². The minimum Gasteiger partial charge on any atom is -0.275 e. The third kappa shape index (κ3) is 0.922. The second kappa shape index (κ2) is 2.27. The van der Waals surface area contributed by atoms with E-state index in [1.54, 1.807) is 10.2 Å². The molecule has 11 heavy (non-hydrogen) atoms. The molecule has 0 N–H and O–H groups in total. The normalized spacial score (nSPS) is 10.7. The highest BCUT2D eigenvalue weighted by atomic mass is 32.1. The number of thiol groups is 1. The first-order valence-corrected chi connectivity index (χ1v) is 3.81. The van der Waals surface area contributed by atoms with Crippen molar-refractivity contribution in [2.45, 2.75) is 6.92 Å². The van der Waals surface area contributed by atoms with Crippen LogP contribution in [0.25, 0.3) is 11.0 Å². The van der Waals surface area contributed by atoms with Crippen molar-refractivity contribution in [3.63, 3.8) is 0 Å². The van der Waals surface area contributed by atoms with Gasteiger partial charge < -0.3 is 0 Å². The van der Waals surface area contributed by atoms with Gasteiger partial charge in [0.15, 0.2) is 0 Å². The Kier molecular flexibility index (Phi) is 1.39. The van der Waals surface area contributed by atoms with Crippen LogP contribution < -0.4 is 0 Å². The van der Waals surface area contributed by atoms with Gasteiger partial charge in [-0.15, -0.1) is 0 Å². The third-order valence-electron chi connectivity index (χ3n) is 1.72. The molecule has 0 bridgehead atoms. The molecule has 0 saturated heterocycles. The standard InChI is InChI=1S/C8H8N2S/c1-6-5-7-3-2-4-9-8(7)10(6)11/h2-5,11H,1H3. The van der Waals surface area contributed by atoms with E-state index in [-0.39, 0.29) is 0 Å². The molecule has 0 aliphatic carbocycles. The van der Waals surface area contributed by atoms with Crippen LogP contribution in [0.3, 0.4) is 0 Å². The van der Waals surface area contributed by atoms with Gasteiger partial charge in [0.05, 0.1) is 0 Å². The minimum absolute atomic E-state index is 0.924. The fourth-order valence-electron chi connectivity index (χ4n) is 1.15. The number of aromatic nitrogens is 2. The Morgan fingerprint density at radius 3 is 3.09 bits per heavy atom. The smallest absolute Gasteiger partial charge is 0.149 e. The summed E-state index contributed by atoms with van der Waals surface area (Å²) in [5, 5.41) is 1.14. The molecule has 2 rings (SSSR count). The van der Waals surface area contributed by atoms with Gasteiger partial charge in [0.1, 0.15) is 5.65 Å². The molecular weight excluding hydrogens is 156 g/mol. The van der Waals surface area contributed by atoms with Crippen molar-refractivity contribution >= 4 is 23.8 Å². The summed E-state index contributed by atoms with van der Waals surface area (Å²) >= 11 is 4.27. The minimum atomic E-state index is 0.924. The van der Waals surface area contributed by atoms with Gasteiger partial charge in [0.2, 0.25) is 0 Å². The molecule has 0 aliphatic heterocycles. The lowest BCUT2D eigenvalue weighted by Gasteiger charge is -1.93. The largest absolute Gasteiger partial charge is 0.275 e. The Labute approximate surface area is 70.4 Å². The first kappa shape index (κ1) is 6.73. The molecule has 0 aromatic carbocycles. The van der Waals surface area contributed by atoms with E-state index in [1.807, 2.05) is 19.1 Å². The van der Waals surface area contributed by atoms with Crippen molar-refractivity contribution in [2.24, 2.45) is 0 Å². The van der Waals surface area contributed by atoms with Crippen LogP contribution in [0.1, 0.15) is 5.69 Å². The summed E-state index contributed by atoms with van der Waals surface area (Å²) in [6, 6.07) is 6.02. The molecule has 2 nitrogen and oxygen atoms in total. The van der Waals surface area contributed by atoms with Crippen LogP contribution in [-0.2, 0) is 0 Å². The molecule has 3 heteroatoms. The first-order valence-electron chi connectivity index (χ1n) is 3.41. The number of nitrogens with zero attached hydrogens (tertiary/aromatic N) is 2. The zero-order valence-corrected chi connectivity index (χ0v) is 7.05. The lowest BCUT2D eigenvalue weighted by molar-refractivity contribution is 1.19. The second-order valence-electron chi connectivity index (χ2n) is 2.51. The van der Waals surface area contributed by atoms with Crippen LogP contribution in [0.15, 0.2) is 24.4 Å². The van der Waals surface area contributed by atoms with Crippen molar-refractivity contribution in [3.05, 3.63) is 30.1 Å². The number of fused-ring (bicyclic) bond motifs is 1. The molecule has 0 aliphatic rings. The molecule has 2 aromatic heterocycles. The fourth-order valence-corrected chi connectivity index (χ4v) is 1.38. The van der Waals surface area contributed by atoms with Gasteiger partial charge in [-0.1, -0.05) is 12.8 Å². The van der Waals surface area contributed by atoms with E-state index < -0.39 is 0 Å². The molecule has 0 unspecified atom stereocenters. The average Bonchev–Trinajstić information content (AvgIpc) is 2.30. The fraction of sp³-hybridized carbons (Fsp3) is 0.125. The van der Waals surface area contributed by atoms with E-state index in [4.69, 9.17) is 0 Å². The number of hydrogen-bond donors (Lipinski definition) is 1. The lowest BCUT2D eigenvalue weighted by Crippen LogP contribution is -1.83. The Morgan fingerprint density at radius 2 is 2.36 bits per heavy atom. The number of rotatable bonds is 0. The van der Waals surface area contributed by atoms with E-state index in [0.717, 1.165) is 16.7 Å². The highest BCUT2D eigenvalue weighted by Crippen LogP contribution is 2.16. The van der Waals surface area contributed by atoms with Gasteiger partial charge in [-0.3, -0.25) is 3.97 Å². The Morgan fingerprint density at radius 1 is 1.55 bits per heavy atom. The lowest BCUT2D eigenvalue weighted by atomic mass is 10.3. The number of aryl methyl sites for hydroxylation is 1. The molecule has 56 valence electrons. The van der Waals surface area contributed by atoms with E-state index in [0.29, 0.717) is 0 Å². The predicted molar refractivity (Wildman–Crippen MR) is 48.9 cm³/mol. The van der Waals surface area contributed by atoms with Crippen LogP contribution in [-0.4, -0.2) is 8.96 Å². The Hall–Kier alpha value is -0.960. The monoisotopic (exact) mass is 164 g/mol. The first-order chi connectivity index (χ1) is 5.29. The Bertz CT molecular complexity index is 392. The van der Waals surface area contributed by atoms with Gasteiger partial charge in [-0.2, -0.15) is 0 Å². The van der Waals surface area contributed by atoms with E-state index >= 15 is 0 Å². The van der Waals surface area contributed by atoms with Crippen molar-refractivity contribution in [2.75, 3.05) is 0 Å². The average molecular weight is 164 g/mol. The van der Waals surface area contributed by atoms with Gasteiger partial charge in [0, 0.05) is 17.3 Å². The maximum atomic E-state index is 4.27. The third-order valence-corrected chi connectivity index (χ3v) is 2.22. The van der Waals surface area contributed by atoms with Crippen molar-refractivity contribution in [1.82, 2.24) is 8.96 Å². The summed E-state index contributed by atoms with van der Waals surface area (Å²) < 4.78 is 1.79. The summed E-state index contributed by atoms with van der Waals surface area (Å²) in [5.41, 5.74) is 2.04. The molecule has 0 fully saturated rings. The summed E-state index contributed by atoms with van der Waals surface area (Å²) in [4.78, 5) is 4.19. The number of hydrogen-bond acceptors (Lipinski definition) is 2. The second-order valence-corrected chi connectivity index (χ2v) is 2.91. The topological polar surface area (TPSA) is 17.8 Å².